The van der Waals surface area contributed by atoms with Crippen LogP contribution in [0.1, 0.15) is 49.1 Å². The number of carboxylic acids is 1. The Kier molecular flexibility index (Phi) is 4.71. The SMILES string of the molecule is Cc1ccc2oc(N3CCC(c4nc(C(C)O)nn4CC(=O)O)CC3)nc2n1. The second kappa shape index (κ2) is 7.19. The Bertz CT molecular complexity index is 1000. The first-order valence-corrected chi connectivity index (χ1v) is 9.24. The molecule has 10 heteroatoms. The molecular weight excluding hydrogens is 364 g/mol. The number of hydrogen-bond donors (Lipinski definition) is 2. The van der Waals surface area contributed by atoms with E-state index in [1.54, 1.807) is 6.92 Å². The zero-order valence-corrected chi connectivity index (χ0v) is 15.7. The van der Waals surface area contributed by atoms with E-state index in [9.17, 15) is 9.90 Å². The van der Waals surface area contributed by atoms with Gasteiger partial charge in [-0.05, 0) is 38.8 Å². The van der Waals surface area contributed by atoms with Gasteiger partial charge in [-0.25, -0.2) is 14.6 Å². The van der Waals surface area contributed by atoms with E-state index in [0.717, 1.165) is 18.5 Å². The molecule has 0 aromatic carbocycles. The minimum absolute atomic E-state index is 0.0559. The van der Waals surface area contributed by atoms with Crippen molar-refractivity contribution in [2.45, 2.75) is 45.3 Å². The number of nitrogens with zero attached hydrogens (tertiary/aromatic N) is 6. The number of aromatic nitrogens is 5. The van der Waals surface area contributed by atoms with Gasteiger partial charge in [0.25, 0.3) is 6.01 Å². The molecule has 10 nitrogen and oxygen atoms in total. The van der Waals surface area contributed by atoms with Gasteiger partial charge < -0.3 is 19.5 Å². The van der Waals surface area contributed by atoms with E-state index in [1.165, 1.54) is 4.68 Å². The van der Waals surface area contributed by atoms with Crippen LogP contribution in [0.5, 0.6) is 0 Å². The monoisotopic (exact) mass is 386 g/mol. The molecule has 28 heavy (non-hydrogen) atoms. The lowest BCUT2D eigenvalue weighted by Gasteiger charge is -2.30. The summed E-state index contributed by atoms with van der Waals surface area (Å²) in [6, 6.07) is 4.30. The van der Waals surface area contributed by atoms with E-state index in [1.807, 2.05) is 19.1 Å². The third-order valence-corrected chi connectivity index (χ3v) is 4.89. The van der Waals surface area contributed by atoms with E-state index in [0.29, 0.717) is 36.2 Å². The highest BCUT2D eigenvalue weighted by molar-refractivity contribution is 5.70. The van der Waals surface area contributed by atoms with Gasteiger partial charge in [-0.1, -0.05) is 0 Å². The van der Waals surface area contributed by atoms with Crippen LogP contribution >= 0.6 is 0 Å². The molecule has 0 radical (unpaired) electrons. The summed E-state index contributed by atoms with van der Waals surface area (Å²) in [4.78, 5) is 26.5. The molecule has 0 saturated carbocycles. The van der Waals surface area contributed by atoms with Crippen LogP contribution in [-0.2, 0) is 11.3 Å². The number of aliphatic hydroxyl groups excluding tert-OH is 1. The fourth-order valence-corrected chi connectivity index (χ4v) is 3.46. The normalized spacial score (nSPS) is 16.6. The molecule has 0 aliphatic carbocycles. The van der Waals surface area contributed by atoms with Crippen molar-refractivity contribution in [2.24, 2.45) is 0 Å². The molecule has 0 spiro atoms. The van der Waals surface area contributed by atoms with E-state index in [2.05, 4.69) is 25.0 Å². The van der Waals surface area contributed by atoms with Crippen LogP contribution in [0.25, 0.3) is 11.2 Å². The van der Waals surface area contributed by atoms with E-state index >= 15 is 0 Å². The zero-order chi connectivity index (χ0) is 19.8. The Morgan fingerprint density at radius 3 is 2.71 bits per heavy atom. The van der Waals surface area contributed by atoms with Crippen molar-refractivity contribution in [2.75, 3.05) is 18.0 Å². The van der Waals surface area contributed by atoms with E-state index < -0.39 is 12.1 Å². The van der Waals surface area contributed by atoms with Crippen molar-refractivity contribution in [3.63, 3.8) is 0 Å². The highest BCUT2D eigenvalue weighted by atomic mass is 16.4. The van der Waals surface area contributed by atoms with Crippen LogP contribution in [0.15, 0.2) is 16.5 Å². The summed E-state index contributed by atoms with van der Waals surface area (Å²) in [6.45, 7) is 4.59. The number of piperidine rings is 1. The van der Waals surface area contributed by atoms with Gasteiger partial charge in [0.15, 0.2) is 11.4 Å². The van der Waals surface area contributed by atoms with Gasteiger partial charge in [-0.2, -0.15) is 10.1 Å². The van der Waals surface area contributed by atoms with Crippen LogP contribution in [0.3, 0.4) is 0 Å². The smallest absolute Gasteiger partial charge is 0.325 e. The number of hydrogen-bond acceptors (Lipinski definition) is 8. The van der Waals surface area contributed by atoms with Crippen LogP contribution < -0.4 is 4.90 Å². The average molecular weight is 386 g/mol. The minimum atomic E-state index is -0.991. The van der Waals surface area contributed by atoms with Crippen LogP contribution in [0, 0.1) is 6.92 Å². The van der Waals surface area contributed by atoms with Gasteiger partial charge in [0.1, 0.15) is 18.5 Å². The highest BCUT2D eigenvalue weighted by Crippen LogP contribution is 2.31. The second-order valence-corrected chi connectivity index (χ2v) is 7.09. The molecule has 3 aromatic heterocycles. The molecule has 4 heterocycles. The first-order valence-electron chi connectivity index (χ1n) is 9.24. The van der Waals surface area contributed by atoms with Gasteiger partial charge >= 0.3 is 5.97 Å². The second-order valence-electron chi connectivity index (χ2n) is 7.09. The molecule has 1 atom stereocenters. The lowest BCUT2D eigenvalue weighted by molar-refractivity contribution is -0.138. The van der Waals surface area contributed by atoms with E-state index in [4.69, 9.17) is 9.52 Å². The van der Waals surface area contributed by atoms with Crippen LogP contribution in [-0.4, -0.2) is 54.0 Å². The molecule has 1 unspecified atom stereocenters. The summed E-state index contributed by atoms with van der Waals surface area (Å²) in [5.41, 5.74) is 2.14. The standard InChI is InChI=1S/C18H22N6O4/c1-10-3-4-13-16(19-10)21-18(28-13)23-7-5-12(6-8-23)17-20-15(11(2)25)22-24(17)9-14(26)27/h3-4,11-12,25H,5-9H2,1-2H3,(H,26,27). The Morgan fingerprint density at radius 1 is 1.29 bits per heavy atom. The summed E-state index contributed by atoms with van der Waals surface area (Å²) in [5.74, 6) is -0.0813. The molecule has 0 bridgehead atoms. The molecular formula is C18H22N6O4. The Balaban J connectivity index is 1.51. The van der Waals surface area contributed by atoms with Crippen molar-refractivity contribution in [3.8, 4) is 0 Å². The zero-order valence-electron chi connectivity index (χ0n) is 15.7. The number of carboxylic acid groups (broad SMARTS) is 1. The number of pyridine rings is 1. The number of anilines is 1. The van der Waals surface area contributed by atoms with Gasteiger partial charge in [-0.3, -0.25) is 4.79 Å². The predicted octanol–water partition coefficient (Wildman–Crippen LogP) is 1.64. The largest absolute Gasteiger partial charge is 0.480 e. The van der Waals surface area contributed by atoms with Gasteiger partial charge in [0.05, 0.1) is 0 Å². The fourth-order valence-electron chi connectivity index (χ4n) is 3.46. The summed E-state index contributed by atoms with van der Waals surface area (Å²) in [7, 11) is 0. The van der Waals surface area contributed by atoms with Gasteiger partial charge in [0, 0.05) is 24.7 Å². The number of fused-ring (bicyclic) bond motifs is 1. The third-order valence-electron chi connectivity index (χ3n) is 4.89. The summed E-state index contributed by atoms with van der Waals surface area (Å²) in [5, 5.41) is 23.0. The van der Waals surface area contributed by atoms with Crippen molar-refractivity contribution in [3.05, 3.63) is 29.5 Å². The number of aryl methyl sites for hydroxylation is 1. The maximum absolute atomic E-state index is 11.1. The van der Waals surface area contributed by atoms with Crippen molar-refractivity contribution in [1.82, 2.24) is 24.7 Å². The molecule has 1 saturated heterocycles. The summed E-state index contributed by atoms with van der Waals surface area (Å²) in [6.07, 6.45) is 0.662. The van der Waals surface area contributed by atoms with Gasteiger partial charge in [0.2, 0.25) is 5.65 Å². The molecule has 1 aliphatic heterocycles. The van der Waals surface area contributed by atoms with Crippen LogP contribution in [0.2, 0.25) is 0 Å². The molecule has 0 amide bonds. The summed E-state index contributed by atoms with van der Waals surface area (Å²) < 4.78 is 7.21. The van der Waals surface area contributed by atoms with Gasteiger partial charge in [-0.15, -0.1) is 0 Å². The molecule has 4 rings (SSSR count). The Hall–Kier alpha value is -3.01. The molecule has 2 N–H and O–H groups in total. The Labute approximate surface area is 160 Å². The number of carbonyl (C=O) groups is 1. The number of oxazole rings is 1. The molecule has 1 fully saturated rings. The maximum Gasteiger partial charge on any atom is 0.325 e. The number of aliphatic carboxylic acids is 1. The lowest BCUT2D eigenvalue weighted by Crippen LogP contribution is -2.34. The average Bonchev–Trinajstić information content (AvgIpc) is 3.25. The highest BCUT2D eigenvalue weighted by Gasteiger charge is 2.29. The minimum Gasteiger partial charge on any atom is -0.480 e. The first kappa shape index (κ1) is 18.4. The Morgan fingerprint density at radius 2 is 2.04 bits per heavy atom. The maximum atomic E-state index is 11.1. The van der Waals surface area contributed by atoms with E-state index in [-0.39, 0.29) is 18.3 Å². The number of rotatable bonds is 5. The van der Waals surface area contributed by atoms with Crippen molar-refractivity contribution >= 4 is 23.2 Å². The first-order chi connectivity index (χ1) is 13.4. The predicted molar refractivity (Wildman–Crippen MR) is 99.0 cm³/mol. The van der Waals surface area contributed by atoms with Crippen molar-refractivity contribution in [1.29, 1.82) is 0 Å². The number of aliphatic hydroxyl groups is 1. The summed E-state index contributed by atoms with van der Waals surface area (Å²) >= 11 is 0. The molecule has 148 valence electrons. The quantitative estimate of drug-likeness (QED) is 0.672. The van der Waals surface area contributed by atoms with Crippen LogP contribution in [0.4, 0.5) is 6.01 Å². The fraction of sp³-hybridized carbons (Fsp3) is 0.500. The molecule has 1 aliphatic rings. The molecule has 3 aromatic rings. The topological polar surface area (TPSA) is 130 Å². The van der Waals surface area contributed by atoms with Crippen molar-refractivity contribution < 1.29 is 19.4 Å². The third kappa shape index (κ3) is 3.55. The lowest BCUT2D eigenvalue weighted by atomic mass is 9.96.